The fraction of sp³-hybridized carbons (Fsp3) is 0.240. The van der Waals surface area contributed by atoms with E-state index in [-0.39, 0.29) is 5.91 Å². The van der Waals surface area contributed by atoms with Gasteiger partial charge >= 0.3 is 0 Å². The molecule has 0 aliphatic rings. The minimum atomic E-state index is -0.0693. The van der Waals surface area contributed by atoms with Gasteiger partial charge in [0.15, 0.2) is 5.13 Å². The van der Waals surface area contributed by atoms with Crippen LogP contribution in [-0.4, -0.2) is 21.1 Å². The molecule has 0 aliphatic heterocycles. The number of amides is 1. The van der Waals surface area contributed by atoms with Gasteiger partial charge in [-0.25, -0.2) is 4.98 Å². The van der Waals surface area contributed by atoms with E-state index in [1.807, 2.05) is 42.5 Å². The van der Waals surface area contributed by atoms with Crippen LogP contribution >= 0.6 is 23.1 Å². The minimum Gasteiger partial charge on any atom is -0.278 e. The highest BCUT2D eigenvalue weighted by Gasteiger charge is 2.23. The van der Waals surface area contributed by atoms with Crippen LogP contribution in [0.4, 0.5) is 5.13 Å². The summed E-state index contributed by atoms with van der Waals surface area (Å²) in [6, 6.07) is 17.9. The van der Waals surface area contributed by atoms with Gasteiger partial charge in [-0.1, -0.05) is 37.3 Å². The van der Waals surface area contributed by atoms with Gasteiger partial charge in [-0.2, -0.15) is 0 Å². The number of aromatic nitrogens is 2. The summed E-state index contributed by atoms with van der Waals surface area (Å²) in [4.78, 5) is 25.8. The molecule has 0 radical (unpaired) electrons. The summed E-state index contributed by atoms with van der Waals surface area (Å²) < 4.78 is 1.09. The van der Waals surface area contributed by atoms with E-state index in [1.54, 1.807) is 34.2 Å². The number of thioether (sulfide) groups is 1. The zero-order valence-corrected chi connectivity index (χ0v) is 19.8. The van der Waals surface area contributed by atoms with Crippen molar-refractivity contribution in [1.82, 2.24) is 9.97 Å². The molecule has 0 bridgehead atoms. The number of thiazole rings is 1. The number of carbonyl (C=O) groups excluding carboxylic acids is 1. The monoisotopic (exact) mass is 447 g/mol. The maximum absolute atomic E-state index is 13.6. The largest absolute Gasteiger partial charge is 0.278 e. The van der Waals surface area contributed by atoms with Crippen LogP contribution in [0.15, 0.2) is 65.7 Å². The molecule has 4 nitrogen and oxygen atoms in total. The molecule has 2 aromatic carbocycles. The third-order valence-corrected chi connectivity index (χ3v) is 6.86. The second-order valence-electron chi connectivity index (χ2n) is 7.83. The van der Waals surface area contributed by atoms with E-state index in [9.17, 15) is 4.79 Å². The maximum atomic E-state index is 13.6. The molecular weight excluding hydrogens is 422 g/mol. The van der Waals surface area contributed by atoms with E-state index < -0.39 is 0 Å². The van der Waals surface area contributed by atoms with Gasteiger partial charge in [-0.05, 0) is 67.4 Å². The Balaban J connectivity index is 1.72. The van der Waals surface area contributed by atoms with Crippen LogP contribution in [0.1, 0.15) is 41.0 Å². The first-order valence-electron chi connectivity index (χ1n) is 10.3. The number of anilines is 1. The SMILES string of the molecule is Cc1cc(C)c2nc(N(Cc3ccccn3)C(=O)c3ccc(SC(C)C)cc3)sc2c1. The van der Waals surface area contributed by atoms with Gasteiger partial charge < -0.3 is 0 Å². The van der Waals surface area contributed by atoms with Crippen molar-refractivity contribution < 1.29 is 4.79 Å². The Hall–Kier alpha value is -2.70. The molecule has 2 heterocycles. The van der Waals surface area contributed by atoms with Crippen LogP contribution in [0.5, 0.6) is 0 Å². The number of aryl methyl sites for hydroxylation is 2. The fourth-order valence-electron chi connectivity index (χ4n) is 3.46. The Labute approximate surface area is 191 Å². The molecule has 0 saturated carbocycles. The van der Waals surface area contributed by atoms with E-state index in [1.165, 1.54) is 5.56 Å². The van der Waals surface area contributed by atoms with Crippen LogP contribution in [-0.2, 0) is 6.54 Å². The highest BCUT2D eigenvalue weighted by molar-refractivity contribution is 7.99. The van der Waals surface area contributed by atoms with Gasteiger partial charge in [0.25, 0.3) is 5.91 Å². The summed E-state index contributed by atoms with van der Waals surface area (Å²) in [6.07, 6.45) is 1.75. The van der Waals surface area contributed by atoms with Gasteiger partial charge in [-0.3, -0.25) is 14.7 Å². The van der Waals surface area contributed by atoms with Crippen molar-refractivity contribution >= 4 is 44.4 Å². The van der Waals surface area contributed by atoms with Crippen molar-refractivity contribution in [2.75, 3.05) is 4.90 Å². The molecule has 0 aliphatic carbocycles. The Kier molecular flexibility index (Phi) is 6.39. The lowest BCUT2D eigenvalue weighted by atomic mass is 10.1. The molecule has 0 atom stereocenters. The number of hydrogen-bond donors (Lipinski definition) is 0. The quantitative estimate of drug-likeness (QED) is 0.310. The van der Waals surface area contributed by atoms with Gasteiger partial charge in [0.2, 0.25) is 0 Å². The van der Waals surface area contributed by atoms with Gasteiger partial charge in [0.05, 0.1) is 22.5 Å². The molecule has 1 amide bonds. The summed E-state index contributed by atoms with van der Waals surface area (Å²) in [6.45, 7) is 8.85. The Morgan fingerprint density at radius 3 is 2.55 bits per heavy atom. The lowest BCUT2D eigenvalue weighted by molar-refractivity contribution is 0.0984. The molecule has 31 heavy (non-hydrogen) atoms. The van der Waals surface area contributed by atoms with Crippen molar-refractivity contribution in [3.05, 3.63) is 83.2 Å². The average Bonchev–Trinajstić information content (AvgIpc) is 3.16. The number of nitrogens with zero attached hydrogens (tertiary/aromatic N) is 3. The van der Waals surface area contributed by atoms with Crippen LogP contribution in [0.2, 0.25) is 0 Å². The third kappa shape index (κ3) is 4.97. The van der Waals surface area contributed by atoms with E-state index in [0.717, 1.165) is 26.4 Å². The van der Waals surface area contributed by atoms with Crippen LogP contribution in [0, 0.1) is 13.8 Å². The molecule has 0 spiro atoms. The lowest BCUT2D eigenvalue weighted by Gasteiger charge is -2.20. The van der Waals surface area contributed by atoms with Gasteiger partial charge in [0.1, 0.15) is 0 Å². The Morgan fingerprint density at radius 1 is 1.10 bits per heavy atom. The smallest absolute Gasteiger partial charge is 0.260 e. The topological polar surface area (TPSA) is 46.1 Å². The standard InChI is InChI=1S/C25H25N3OS2/c1-16(2)30-21-10-8-19(9-11-21)24(29)28(15-20-7-5-6-12-26-20)25-27-23-18(4)13-17(3)14-22(23)31-25/h5-14,16H,15H2,1-4H3. The molecule has 2 aromatic heterocycles. The number of rotatable bonds is 6. The summed E-state index contributed by atoms with van der Waals surface area (Å²) >= 11 is 3.34. The predicted octanol–water partition coefficient (Wildman–Crippen LogP) is 6.66. The van der Waals surface area contributed by atoms with Crippen LogP contribution in [0.3, 0.4) is 0 Å². The van der Waals surface area contributed by atoms with E-state index >= 15 is 0 Å². The lowest BCUT2D eigenvalue weighted by Crippen LogP contribution is -2.30. The van der Waals surface area contributed by atoms with Crippen molar-refractivity contribution in [3.8, 4) is 0 Å². The molecular formula is C25H25N3OS2. The highest BCUT2D eigenvalue weighted by Crippen LogP contribution is 2.33. The molecule has 6 heteroatoms. The summed E-state index contributed by atoms with van der Waals surface area (Å²) in [5, 5.41) is 1.19. The second kappa shape index (κ2) is 9.20. The number of benzene rings is 2. The molecule has 0 unspecified atom stereocenters. The average molecular weight is 448 g/mol. The number of hydrogen-bond acceptors (Lipinski definition) is 5. The van der Waals surface area contributed by atoms with Crippen molar-refractivity contribution in [3.63, 3.8) is 0 Å². The Bertz CT molecular complexity index is 1200. The van der Waals surface area contributed by atoms with Crippen molar-refractivity contribution in [1.29, 1.82) is 0 Å². The van der Waals surface area contributed by atoms with E-state index in [2.05, 4.69) is 44.8 Å². The molecule has 0 saturated heterocycles. The predicted molar refractivity (Wildman–Crippen MR) is 131 cm³/mol. The molecule has 0 N–H and O–H groups in total. The first-order chi connectivity index (χ1) is 14.9. The van der Waals surface area contributed by atoms with E-state index in [0.29, 0.717) is 22.5 Å². The number of pyridine rings is 1. The zero-order chi connectivity index (χ0) is 22.0. The molecule has 158 valence electrons. The summed E-state index contributed by atoms with van der Waals surface area (Å²) in [5.74, 6) is -0.0693. The molecule has 4 aromatic rings. The van der Waals surface area contributed by atoms with E-state index in [4.69, 9.17) is 4.98 Å². The van der Waals surface area contributed by atoms with Crippen molar-refractivity contribution in [2.45, 2.75) is 44.4 Å². The summed E-state index contributed by atoms with van der Waals surface area (Å²) in [5.41, 5.74) is 4.75. The van der Waals surface area contributed by atoms with Crippen molar-refractivity contribution in [2.24, 2.45) is 0 Å². The number of fused-ring (bicyclic) bond motifs is 1. The first kappa shape index (κ1) is 21.5. The number of carbonyl (C=O) groups is 1. The summed E-state index contributed by atoms with van der Waals surface area (Å²) in [7, 11) is 0. The third-order valence-electron chi connectivity index (χ3n) is 4.81. The van der Waals surface area contributed by atoms with Gasteiger partial charge in [-0.15, -0.1) is 11.8 Å². The normalized spacial score (nSPS) is 11.3. The fourth-order valence-corrected chi connectivity index (χ4v) is 5.44. The first-order valence-corrected chi connectivity index (χ1v) is 12.0. The zero-order valence-electron chi connectivity index (χ0n) is 18.1. The molecule has 4 rings (SSSR count). The second-order valence-corrected chi connectivity index (χ2v) is 10.5. The molecule has 0 fully saturated rings. The highest BCUT2D eigenvalue weighted by atomic mass is 32.2. The maximum Gasteiger partial charge on any atom is 0.260 e. The van der Waals surface area contributed by atoms with Gasteiger partial charge in [0, 0.05) is 21.9 Å². The minimum absolute atomic E-state index is 0.0693. The van der Waals surface area contributed by atoms with Crippen LogP contribution in [0.25, 0.3) is 10.2 Å². The Morgan fingerprint density at radius 2 is 1.87 bits per heavy atom. The van der Waals surface area contributed by atoms with Crippen LogP contribution < -0.4 is 4.90 Å².